The van der Waals surface area contributed by atoms with Gasteiger partial charge in [-0.3, -0.25) is 4.79 Å². The van der Waals surface area contributed by atoms with Gasteiger partial charge in [0.05, 0.1) is 5.69 Å². The van der Waals surface area contributed by atoms with Gasteiger partial charge in [-0.1, -0.05) is 18.2 Å². The van der Waals surface area contributed by atoms with E-state index >= 15 is 0 Å². The van der Waals surface area contributed by atoms with Gasteiger partial charge in [-0.15, -0.1) is 4.40 Å². The topological polar surface area (TPSA) is 78.8 Å². The van der Waals surface area contributed by atoms with Gasteiger partial charge < -0.3 is 10.2 Å². The van der Waals surface area contributed by atoms with Crippen molar-refractivity contribution in [3.8, 4) is 0 Å². The molecule has 6 nitrogen and oxygen atoms in total. The number of benzene rings is 2. The molecule has 0 aromatic heterocycles. The van der Waals surface area contributed by atoms with E-state index in [0.29, 0.717) is 11.4 Å². The minimum atomic E-state index is -3.68. The van der Waals surface area contributed by atoms with E-state index in [4.69, 9.17) is 0 Å². The average molecular weight is 343 g/mol. The van der Waals surface area contributed by atoms with Crippen molar-refractivity contribution < 1.29 is 13.2 Å². The summed E-state index contributed by atoms with van der Waals surface area (Å²) in [6.45, 7) is 3.89. The van der Waals surface area contributed by atoms with Crippen molar-refractivity contribution in [2.45, 2.75) is 18.7 Å². The normalized spacial score (nSPS) is 15.0. The minimum absolute atomic E-state index is 0.0248. The van der Waals surface area contributed by atoms with Crippen molar-refractivity contribution in [2.75, 3.05) is 16.8 Å². The molecule has 1 N–H and O–H groups in total. The third-order valence-corrected chi connectivity index (χ3v) is 4.87. The molecule has 124 valence electrons. The Balaban J connectivity index is 1.80. The molecule has 24 heavy (non-hydrogen) atoms. The smallest absolute Gasteiger partial charge is 0.285 e. The fourth-order valence-corrected chi connectivity index (χ4v) is 3.73. The molecule has 0 saturated carbocycles. The summed E-state index contributed by atoms with van der Waals surface area (Å²) in [6.07, 6.45) is 1.18. The number of hydrogen-bond acceptors (Lipinski definition) is 4. The van der Waals surface area contributed by atoms with Gasteiger partial charge in [-0.25, -0.2) is 0 Å². The van der Waals surface area contributed by atoms with Crippen molar-refractivity contribution in [1.29, 1.82) is 0 Å². The van der Waals surface area contributed by atoms with Crippen LogP contribution in [0.3, 0.4) is 0 Å². The van der Waals surface area contributed by atoms with Crippen LogP contribution in [0.15, 0.2) is 51.8 Å². The van der Waals surface area contributed by atoms with Crippen LogP contribution in [0.5, 0.6) is 0 Å². The van der Waals surface area contributed by atoms with Gasteiger partial charge in [0.1, 0.15) is 17.8 Å². The Morgan fingerprint density at radius 2 is 1.79 bits per heavy atom. The summed E-state index contributed by atoms with van der Waals surface area (Å²) in [5, 5.41) is 2.83. The Kier molecular flexibility index (Phi) is 4.11. The summed E-state index contributed by atoms with van der Waals surface area (Å²) in [5.41, 5.74) is 3.28. The van der Waals surface area contributed by atoms with E-state index in [0.717, 1.165) is 11.1 Å². The van der Waals surface area contributed by atoms with Crippen LogP contribution in [0.4, 0.5) is 11.4 Å². The van der Waals surface area contributed by atoms with Crippen LogP contribution in [0.1, 0.15) is 11.1 Å². The fraction of sp³-hybridized carbons (Fsp3) is 0.176. The van der Waals surface area contributed by atoms with Crippen LogP contribution in [0.25, 0.3) is 0 Å². The highest BCUT2D eigenvalue weighted by atomic mass is 32.2. The maximum absolute atomic E-state index is 12.3. The first-order chi connectivity index (χ1) is 11.3. The molecule has 1 aliphatic rings. The van der Waals surface area contributed by atoms with E-state index in [1.807, 2.05) is 32.0 Å². The standard InChI is InChI=1S/C17H17N3O3S/c1-12-7-13(2)9-14(8-12)19-17(21)10-20-11-18-24(22,23)16-6-4-3-5-15(16)20/h3-9,11H,10H2,1-2H3,(H,19,21). The van der Waals surface area contributed by atoms with Gasteiger partial charge in [0, 0.05) is 5.69 Å². The third kappa shape index (κ3) is 3.30. The molecule has 1 amide bonds. The SMILES string of the molecule is Cc1cc(C)cc(NC(=O)CN2C=NS(=O)(=O)c3ccccc32)c1. The van der Waals surface area contributed by atoms with Crippen LogP contribution in [-0.4, -0.2) is 27.2 Å². The molecule has 2 aromatic rings. The number of rotatable bonds is 3. The molecular weight excluding hydrogens is 326 g/mol. The highest BCUT2D eigenvalue weighted by molar-refractivity contribution is 7.90. The lowest BCUT2D eigenvalue weighted by atomic mass is 10.1. The Morgan fingerprint density at radius 3 is 2.50 bits per heavy atom. The second-order valence-corrected chi connectivity index (χ2v) is 7.32. The number of nitrogens with zero attached hydrogens (tertiary/aromatic N) is 2. The monoisotopic (exact) mass is 343 g/mol. The Labute approximate surface area is 140 Å². The van der Waals surface area contributed by atoms with Crippen LogP contribution in [0, 0.1) is 13.8 Å². The molecule has 0 spiro atoms. The molecule has 1 aliphatic heterocycles. The number of anilines is 2. The lowest BCUT2D eigenvalue weighted by Crippen LogP contribution is -2.35. The molecule has 0 saturated heterocycles. The summed E-state index contributed by atoms with van der Waals surface area (Å²) >= 11 is 0. The molecule has 7 heteroatoms. The number of fused-ring (bicyclic) bond motifs is 1. The van der Waals surface area contributed by atoms with Crippen LogP contribution in [-0.2, 0) is 14.8 Å². The molecule has 1 heterocycles. The number of carbonyl (C=O) groups excluding carboxylic acids is 1. The lowest BCUT2D eigenvalue weighted by molar-refractivity contribution is -0.114. The predicted molar refractivity (Wildman–Crippen MR) is 94.0 cm³/mol. The number of sulfonamides is 1. The Morgan fingerprint density at radius 1 is 1.12 bits per heavy atom. The molecular formula is C17H17N3O3S. The Bertz CT molecular complexity index is 916. The first-order valence-electron chi connectivity index (χ1n) is 7.39. The molecule has 0 bridgehead atoms. The zero-order valence-corrected chi connectivity index (χ0v) is 14.2. The second-order valence-electron chi connectivity index (χ2n) is 5.72. The minimum Gasteiger partial charge on any atom is -0.325 e. The molecule has 0 aliphatic carbocycles. The van der Waals surface area contributed by atoms with Crippen molar-refractivity contribution in [3.05, 3.63) is 53.6 Å². The van der Waals surface area contributed by atoms with E-state index in [1.165, 1.54) is 17.3 Å². The Hall–Kier alpha value is -2.67. The summed E-state index contributed by atoms with van der Waals surface area (Å²) in [5.74, 6) is -0.249. The zero-order valence-electron chi connectivity index (χ0n) is 13.4. The first-order valence-corrected chi connectivity index (χ1v) is 8.83. The van der Waals surface area contributed by atoms with Gasteiger partial charge in [-0.05, 0) is 49.2 Å². The molecule has 0 fully saturated rings. The van der Waals surface area contributed by atoms with Gasteiger partial charge in [0.25, 0.3) is 10.0 Å². The average Bonchev–Trinajstić information content (AvgIpc) is 2.49. The van der Waals surface area contributed by atoms with Gasteiger partial charge in [-0.2, -0.15) is 8.42 Å². The molecule has 0 atom stereocenters. The largest absolute Gasteiger partial charge is 0.325 e. The van der Waals surface area contributed by atoms with Crippen molar-refractivity contribution >= 4 is 33.6 Å². The zero-order chi connectivity index (χ0) is 17.3. The van der Waals surface area contributed by atoms with E-state index in [9.17, 15) is 13.2 Å². The van der Waals surface area contributed by atoms with Crippen LogP contribution >= 0.6 is 0 Å². The number of amides is 1. The maximum atomic E-state index is 12.3. The molecule has 2 aromatic carbocycles. The number of para-hydroxylation sites is 1. The first kappa shape index (κ1) is 16.2. The van der Waals surface area contributed by atoms with Gasteiger partial charge in [0.15, 0.2) is 0 Å². The quantitative estimate of drug-likeness (QED) is 0.928. The van der Waals surface area contributed by atoms with E-state index < -0.39 is 10.0 Å². The second kappa shape index (κ2) is 6.09. The number of nitrogens with one attached hydrogen (secondary N) is 1. The summed E-state index contributed by atoms with van der Waals surface area (Å²) in [6, 6.07) is 12.3. The summed E-state index contributed by atoms with van der Waals surface area (Å²) in [7, 11) is -3.68. The lowest BCUT2D eigenvalue weighted by Gasteiger charge is -2.24. The van der Waals surface area contributed by atoms with Gasteiger partial charge in [0.2, 0.25) is 5.91 Å². The van der Waals surface area contributed by atoms with E-state index in [1.54, 1.807) is 18.2 Å². The fourth-order valence-electron chi connectivity index (χ4n) is 2.68. The van der Waals surface area contributed by atoms with E-state index in [2.05, 4.69) is 9.71 Å². The number of carbonyl (C=O) groups is 1. The highest BCUT2D eigenvalue weighted by Crippen LogP contribution is 2.29. The van der Waals surface area contributed by atoms with Gasteiger partial charge >= 0.3 is 0 Å². The van der Waals surface area contributed by atoms with Crippen molar-refractivity contribution in [2.24, 2.45) is 4.40 Å². The number of hydrogen-bond donors (Lipinski definition) is 1. The highest BCUT2D eigenvalue weighted by Gasteiger charge is 2.25. The molecule has 0 unspecified atom stereocenters. The maximum Gasteiger partial charge on any atom is 0.285 e. The third-order valence-electron chi connectivity index (χ3n) is 3.60. The number of aryl methyl sites for hydroxylation is 2. The molecule has 3 rings (SSSR count). The summed E-state index contributed by atoms with van der Waals surface area (Å²) < 4.78 is 27.5. The summed E-state index contributed by atoms with van der Waals surface area (Å²) in [4.78, 5) is 13.9. The van der Waals surface area contributed by atoms with Crippen molar-refractivity contribution in [1.82, 2.24) is 0 Å². The van der Waals surface area contributed by atoms with Crippen LogP contribution in [0.2, 0.25) is 0 Å². The molecule has 0 radical (unpaired) electrons. The van der Waals surface area contributed by atoms with Crippen molar-refractivity contribution in [3.63, 3.8) is 0 Å². The van der Waals surface area contributed by atoms with E-state index in [-0.39, 0.29) is 17.3 Å². The predicted octanol–water partition coefficient (Wildman–Crippen LogP) is 2.48. The van der Waals surface area contributed by atoms with Crippen LogP contribution < -0.4 is 10.2 Å².